The van der Waals surface area contributed by atoms with Gasteiger partial charge in [-0.25, -0.2) is 4.98 Å². The molecule has 6 heteroatoms. The van der Waals surface area contributed by atoms with Crippen LogP contribution in [0.25, 0.3) is 0 Å². The van der Waals surface area contributed by atoms with E-state index >= 15 is 0 Å². The topological polar surface area (TPSA) is 63.4 Å². The van der Waals surface area contributed by atoms with Gasteiger partial charge in [0.2, 0.25) is 0 Å². The average Bonchev–Trinajstić information content (AvgIpc) is 2.38. The minimum Gasteiger partial charge on any atom is -0.397 e. The van der Waals surface area contributed by atoms with Gasteiger partial charge in [0.15, 0.2) is 0 Å². The molecule has 1 fully saturated rings. The van der Waals surface area contributed by atoms with Crippen molar-refractivity contribution < 1.29 is 4.74 Å². The van der Waals surface area contributed by atoms with E-state index in [0.717, 1.165) is 45.8 Å². The zero-order valence-corrected chi connectivity index (χ0v) is 11.1. The lowest BCUT2D eigenvalue weighted by Crippen LogP contribution is -2.37. The summed E-state index contributed by atoms with van der Waals surface area (Å²) in [6.45, 7) is 5.68. The lowest BCUT2D eigenvalue weighted by molar-refractivity contribution is 0.0378. The van der Waals surface area contributed by atoms with Crippen LogP contribution in [0.1, 0.15) is 6.42 Å². The molecule has 0 radical (unpaired) electrons. The Balaban J connectivity index is 1.68. The van der Waals surface area contributed by atoms with Gasteiger partial charge in [-0.1, -0.05) is 11.6 Å². The van der Waals surface area contributed by atoms with Crippen molar-refractivity contribution in [2.75, 3.05) is 50.4 Å². The largest absolute Gasteiger partial charge is 0.397 e. The van der Waals surface area contributed by atoms with Crippen molar-refractivity contribution in [1.82, 2.24) is 9.88 Å². The molecule has 1 aromatic heterocycles. The van der Waals surface area contributed by atoms with Crippen LogP contribution in [0.3, 0.4) is 0 Å². The van der Waals surface area contributed by atoms with Crippen LogP contribution in [-0.2, 0) is 4.74 Å². The summed E-state index contributed by atoms with van der Waals surface area (Å²) in [5.41, 5.74) is 6.17. The Kier molecular flexibility index (Phi) is 5.04. The van der Waals surface area contributed by atoms with Crippen molar-refractivity contribution in [1.29, 1.82) is 0 Å². The Bertz CT molecular complexity index is 382. The first kappa shape index (κ1) is 13.4. The van der Waals surface area contributed by atoms with E-state index in [1.165, 1.54) is 0 Å². The maximum atomic E-state index is 6.03. The first-order valence-electron chi connectivity index (χ1n) is 6.21. The third-order valence-corrected chi connectivity index (χ3v) is 3.20. The Hall–Kier alpha value is -1.04. The van der Waals surface area contributed by atoms with Crippen molar-refractivity contribution in [3.05, 3.63) is 17.3 Å². The van der Waals surface area contributed by atoms with Crippen LogP contribution < -0.4 is 11.1 Å². The van der Waals surface area contributed by atoms with Gasteiger partial charge in [0.25, 0.3) is 0 Å². The summed E-state index contributed by atoms with van der Waals surface area (Å²) in [6.07, 6.45) is 2.67. The highest BCUT2D eigenvalue weighted by molar-refractivity contribution is 6.33. The molecule has 1 aromatic rings. The fourth-order valence-corrected chi connectivity index (χ4v) is 2.16. The molecule has 2 heterocycles. The minimum absolute atomic E-state index is 0.571. The average molecular weight is 271 g/mol. The van der Waals surface area contributed by atoms with E-state index in [9.17, 15) is 0 Å². The monoisotopic (exact) mass is 270 g/mol. The number of nitrogens with zero attached hydrogens (tertiary/aromatic N) is 2. The number of halogens is 1. The van der Waals surface area contributed by atoms with E-state index in [1.54, 1.807) is 12.3 Å². The standard InChI is InChI=1S/C12H19ClN4O/c13-11-8-10(14)9-16-12(11)15-2-1-3-17-4-6-18-7-5-17/h8-9H,1-7,14H2,(H,15,16). The van der Waals surface area contributed by atoms with Gasteiger partial charge in [0.1, 0.15) is 5.82 Å². The predicted molar refractivity (Wildman–Crippen MR) is 74.0 cm³/mol. The van der Waals surface area contributed by atoms with Gasteiger partial charge in [0.05, 0.1) is 30.1 Å². The highest BCUT2D eigenvalue weighted by Gasteiger charge is 2.09. The van der Waals surface area contributed by atoms with Crippen molar-refractivity contribution in [3.63, 3.8) is 0 Å². The normalized spacial score (nSPS) is 16.7. The van der Waals surface area contributed by atoms with Gasteiger partial charge in [-0.2, -0.15) is 0 Å². The molecule has 0 atom stereocenters. The second-order valence-electron chi connectivity index (χ2n) is 4.33. The maximum Gasteiger partial charge on any atom is 0.144 e. The summed E-state index contributed by atoms with van der Waals surface area (Å²) in [7, 11) is 0. The Morgan fingerprint density at radius 2 is 2.22 bits per heavy atom. The Morgan fingerprint density at radius 3 is 2.94 bits per heavy atom. The molecule has 0 saturated carbocycles. The molecule has 0 amide bonds. The summed E-state index contributed by atoms with van der Waals surface area (Å²) in [6, 6.07) is 1.71. The van der Waals surface area contributed by atoms with E-state index in [0.29, 0.717) is 16.5 Å². The first-order chi connectivity index (χ1) is 8.75. The summed E-state index contributed by atoms with van der Waals surface area (Å²) >= 11 is 6.03. The number of hydrogen-bond acceptors (Lipinski definition) is 5. The SMILES string of the molecule is Nc1cnc(NCCCN2CCOCC2)c(Cl)c1. The molecule has 3 N–H and O–H groups in total. The number of ether oxygens (including phenoxy) is 1. The minimum atomic E-state index is 0.571. The molecule has 0 unspecified atom stereocenters. The van der Waals surface area contributed by atoms with Crippen molar-refractivity contribution >= 4 is 23.1 Å². The summed E-state index contributed by atoms with van der Waals surface area (Å²) in [5, 5.41) is 3.79. The summed E-state index contributed by atoms with van der Waals surface area (Å²) < 4.78 is 5.31. The lowest BCUT2D eigenvalue weighted by atomic mass is 10.3. The molecule has 0 spiro atoms. The van der Waals surface area contributed by atoms with E-state index in [1.807, 2.05) is 0 Å². The molecule has 5 nitrogen and oxygen atoms in total. The molecule has 0 aliphatic carbocycles. The first-order valence-corrected chi connectivity index (χ1v) is 6.58. The van der Waals surface area contributed by atoms with Crippen LogP contribution in [0.4, 0.5) is 11.5 Å². The Labute approximate surface area is 112 Å². The third-order valence-electron chi connectivity index (χ3n) is 2.91. The van der Waals surface area contributed by atoms with Crippen LogP contribution in [0.2, 0.25) is 5.02 Å². The van der Waals surface area contributed by atoms with E-state index in [-0.39, 0.29) is 0 Å². The van der Waals surface area contributed by atoms with Crippen molar-refractivity contribution in [3.8, 4) is 0 Å². The molecule has 18 heavy (non-hydrogen) atoms. The van der Waals surface area contributed by atoms with Gasteiger partial charge in [-0.05, 0) is 19.0 Å². The molecule has 100 valence electrons. The zero-order valence-electron chi connectivity index (χ0n) is 10.4. The van der Waals surface area contributed by atoms with Crippen LogP contribution >= 0.6 is 11.6 Å². The molecule has 0 aromatic carbocycles. The number of nitrogens with two attached hydrogens (primary N) is 1. The maximum absolute atomic E-state index is 6.03. The highest BCUT2D eigenvalue weighted by atomic mass is 35.5. The molecule has 1 saturated heterocycles. The van der Waals surface area contributed by atoms with Crippen LogP contribution in [0.15, 0.2) is 12.3 Å². The van der Waals surface area contributed by atoms with Gasteiger partial charge < -0.3 is 15.8 Å². The predicted octanol–water partition coefficient (Wildman–Crippen LogP) is 1.45. The smallest absolute Gasteiger partial charge is 0.144 e. The number of aromatic nitrogens is 1. The molecule has 0 bridgehead atoms. The zero-order chi connectivity index (χ0) is 12.8. The second kappa shape index (κ2) is 6.78. The van der Waals surface area contributed by atoms with Gasteiger partial charge in [-0.15, -0.1) is 0 Å². The Morgan fingerprint density at radius 1 is 1.44 bits per heavy atom. The molecular weight excluding hydrogens is 252 g/mol. The second-order valence-corrected chi connectivity index (χ2v) is 4.74. The van der Waals surface area contributed by atoms with Crippen LogP contribution in [0, 0.1) is 0 Å². The fourth-order valence-electron chi connectivity index (χ4n) is 1.92. The van der Waals surface area contributed by atoms with Gasteiger partial charge >= 0.3 is 0 Å². The number of rotatable bonds is 5. The van der Waals surface area contributed by atoms with Gasteiger partial charge in [-0.3, -0.25) is 4.90 Å². The number of morpholine rings is 1. The summed E-state index contributed by atoms with van der Waals surface area (Å²) in [4.78, 5) is 6.57. The number of hydrogen-bond donors (Lipinski definition) is 2. The highest BCUT2D eigenvalue weighted by Crippen LogP contribution is 2.20. The van der Waals surface area contributed by atoms with E-state index in [2.05, 4.69) is 15.2 Å². The fraction of sp³-hybridized carbons (Fsp3) is 0.583. The number of anilines is 2. The van der Waals surface area contributed by atoms with E-state index in [4.69, 9.17) is 22.1 Å². The molecule has 2 rings (SSSR count). The van der Waals surface area contributed by atoms with Crippen molar-refractivity contribution in [2.45, 2.75) is 6.42 Å². The number of nitrogen functional groups attached to an aromatic ring is 1. The van der Waals surface area contributed by atoms with Crippen LogP contribution in [-0.4, -0.2) is 49.3 Å². The van der Waals surface area contributed by atoms with Crippen molar-refractivity contribution in [2.24, 2.45) is 0 Å². The lowest BCUT2D eigenvalue weighted by Gasteiger charge is -2.26. The summed E-state index contributed by atoms with van der Waals surface area (Å²) in [5.74, 6) is 0.702. The molecule has 1 aliphatic rings. The third kappa shape index (κ3) is 4.01. The quantitative estimate of drug-likeness (QED) is 0.793. The van der Waals surface area contributed by atoms with E-state index < -0.39 is 0 Å². The number of nitrogens with one attached hydrogen (secondary N) is 1. The molecule has 1 aliphatic heterocycles. The molecular formula is C12H19ClN4O. The number of pyridine rings is 1. The van der Waals surface area contributed by atoms with Gasteiger partial charge in [0, 0.05) is 19.6 Å². The van der Waals surface area contributed by atoms with Crippen LogP contribution in [0.5, 0.6) is 0 Å².